The van der Waals surface area contributed by atoms with Gasteiger partial charge < -0.3 is 16.2 Å². The molecule has 4 N–H and O–H groups in total. The maximum absolute atomic E-state index is 13.3. The number of nitrogens with two attached hydrogens (primary N) is 1. The third-order valence-corrected chi connectivity index (χ3v) is 3.48. The summed E-state index contributed by atoms with van der Waals surface area (Å²) in [4.78, 5) is 0. The number of aliphatic hydroxyl groups is 1. The predicted molar refractivity (Wildman–Crippen MR) is 66.0 cm³/mol. The summed E-state index contributed by atoms with van der Waals surface area (Å²) >= 11 is 0. The highest BCUT2D eigenvalue weighted by atomic mass is 19.1. The van der Waals surface area contributed by atoms with E-state index >= 15 is 0 Å². The number of anilines is 1. The zero-order valence-corrected chi connectivity index (χ0v) is 10.5. The highest BCUT2D eigenvalue weighted by Gasteiger charge is 2.34. The van der Waals surface area contributed by atoms with Gasteiger partial charge in [0.1, 0.15) is 17.3 Å². The first-order valence-electron chi connectivity index (χ1n) is 6.00. The van der Waals surface area contributed by atoms with Gasteiger partial charge in [0.2, 0.25) is 0 Å². The second-order valence-electron chi connectivity index (χ2n) is 5.52. The summed E-state index contributed by atoms with van der Waals surface area (Å²) in [6.45, 7) is 4.06. The molecule has 1 saturated heterocycles. The minimum absolute atomic E-state index is 0.0590. The molecule has 0 radical (unpaired) electrons. The van der Waals surface area contributed by atoms with E-state index in [4.69, 9.17) is 5.73 Å². The zero-order chi connectivity index (χ0) is 13.5. The molecule has 1 unspecified atom stereocenters. The van der Waals surface area contributed by atoms with Gasteiger partial charge in [0, 0.05) is 11.6 Å². The van der Waals surface area contributed by atoms with Crippen LogP contribution in [-0.2, 0) is 0 Å². The van der Waals surface area contributed by atoms with Crippen molar-refractivity contribution in [2.45, 2.75) is 44.4 Å². The fourth-order valence-electron chi connectivity index (χ4n) is 2.41. The molecule has 1 aromatic carbocycles. The number of benzene rings is 1. The van der Waals surface area contributed by atoms with E-state index < -0.39 is 23.4 Å². The average Bonchev–Trinajstić information content (AvgIpc) is 2.65. The summed E-state index contributed by atoms with van der Waals surface area (Å²) in [5.74, 6) is -1.66. The Balaban J connectivity index is 2.22. The number of halogens is 2. The SMILES string of the molecule is CC1(C)CC[C@H](C(O)c2cc(F)c(N)c(F)c2)N1. The molecule has 0 bridgehead atoms. The maximum Gasteiger partial charge on any atom is 0.149 e. The van der Waals surface area contributed by atoms with Crippen LogP contribution >= 0.6 is 0 Å². The molecule has 5 heteroatoms. The molecule has 3 nitrogen and oxygen atoms in total. The average molecular weight is 256 g/mol. The van der Waals surface area contributed by atoms with Gasteiger partial charge in [-0.15, -0.1) is 0 Å². The van der Waals surface area contributed by atoms with Crippen molar-refractivity contribution in [2.24, 2.45) is 0 Å². The smallest absolute Gasteiger partial charge is 0.149 e. The Hall–Kier alpha value is -1.20. The lowest BCUT2D eigenvalue weighted by atomic mass is 9.99. The number of nitrogen functional groups attached to an aromatic ring is 1. The van der Waals surface area contributed by atoms with Crippen LogP contribution in [0.2, 0.25) is 0 Å². The van der Waals surface area contributed by atoms with Crippen LogP contribution in [0.4, 0.5) is 14.5 Å². The fourth-order valence-corrected chi connectivity index (χ4v) is 2.41. The van der Waals surface area contributed by atoms with E-state index in [9.17, 15) is 13.9 Å². The lowest BCUT2D eigenvalue weighted by Crippen LogP contribution is -2.40. The molecule has 0 aliphatic carbocycles. The lowest BCUT2D eigenvalue weighted by molar-refractivity contribution is 0.131. The Morgan fingerprint density at radius 2 is 1.94 bits per heavy atom. The standard InChI is InChI=1S/C13H18F2N2O/c1-13(2)4-3-10(17-13)12(18)7-5-8(14)11(16)9(15)6-7/h5-6,10,12,17-18H,3-4,16H2,1-2H3/t10-,12?/m1/s1. The highest BCUT2D eigenvalue weighted by molar-refractivity contribution is 5.44. The van der Waals surface area contributed by atoms with Crippen LogP contribution < -0.4 is 11.1 Å². The van der Waals surface area contributed by atoms with Crippen molar-refractivity contribution in [1.29, 1.82) is 0 Å². The summed E-state index contributed by atoms with van der Waals surface area (Å²) in [7, 11) is 0. The number of aliphatic hydroxyl groups excluding tert-OH is 1. The summed E-state index contributed by atoms with van der Waals surface area (Å²) in [6.07, 6.45) is 0.743. The van der Waals surface area contributed by atoms with E-state index in [2.05, 4.69) is 5.32 Å². The Morgan fingerprint density at radius 3 is 2.39 bits per heavy atom. The Morgan fingerprint density at radius 1 is 1.39 bits per heavy atom. The Bertz CT molecular complexity index is 439. The van der Waals surface area contributed by atoms with Crippen LogP contribution in [0.5, 0.6) is 0 Å². The van der Waals surface area contributed by atoms with Crippen LogP contribution in [-0.4, -0.2) is 16.7 Å². The normalized spacial score (nSPS) is 24.2. The summed E-state index contributed by atoms with van der Waals surface area (Å²) in [5.41, 5.74) is 4.85. The molecule has 0 saturated carbocycles. The van der Waals surface area contributed by atoms with Gasteiger partial charge in [-0.3, -0.25) is 0 Å². The second kappa shape index (κ2) is 4.48. The molecule has 1 fully saturated rings. The lowest BCUT2D eigenvalue weighted by Gasteiger charge is -2.24. The Kier molecular flexibility index (Phi) is 3.29. The number of nitrogens with one attached hydrogen (secondary N) is 1. The van der Waals surface area contributed by atoms with Crippen LogP contribution in [0.25, 0.3) is 0 Å². The van der Waals surface area contributed by atoms with Crippen LogP contribution in [0.15, 0.2) is 12.1 Å². The third kappa shape index (κ3) is 2.47. The first-order valence-corrected chi connectivity index (χ1v) is 6.00. The largest absolute Gasteiger partial charge is 0.394 e. The first kappa shape index (κ1) is 13.2. The maximum atomic E-state index is 13.3. The van der Waals surface area contributed by atoms with Crippen LogP contribution in [0.1, 0.15) is 38.4 Å². The van der Waals surface area contributed by atoms with Crippen molar-refractivity contribution in [3.05, 3.63) is 29.3 Å². The van der Waals surface area contributed by atoms with Crippen molar-refractivity contribution in [3.63, 3.8) is 0 Å². The monoisotopic (exact) mass is 256 g/mol. The van der Waals surface area contributed by atoms with Crippen molar-refractivity contribution in [1.82, 2.24) is 5.32 Å². The minimum atomic E-state index is -0.934. The third-order valence-electron chi connectivity index (χ3n) is 3.48. The van der Waals surface area contributed by atoms with Crippen molar-refractivity contribution >= 4 is 5.69 Å². The molecule has 100 valence electrons. The van der Waals surface area contributed by atoms with E-state index in [1.807, 2.05) is 13.8 Å². The van der Waals surface area contributed by atoms with Gasteiger partial charge in [-0.05, 0) is 44.4 Å². The van der Waals surface area contributed by atoms with Gasteiger partial charge in [-0.25, -0.2) is 8.78 Å². The van der Waals surface area contributed by atoms with Crippen molar-refractivity contribution in [2.75, 3.05) is 5.73 Å². The molecule has 1 aliphatic rings. The van der Waals surface area contributed by atoms with Gasteiger partial charge >= 0.3 is 0 Å². The van der Waals surface area contributed by atoms with E-state index in [0.29, 0.717) is 0 Å². The van der Waals surface area contributed by atoms with E-state index in [1.54, 1.807) is 0 Å². The van der Waals surface area contributed by atoms with E-state index in [-0.39, 0.29) is 17.1 Å². The number of hydrogen-bond donors (Lipinski definition) is 3. The molecule has 0 spiro atoms. The summed E-state index contributed by atoms with van der Waals surface area (Å²) < 4.78 is 26.7. The van der Waals surface area contributed by atoms with E-state index in [0.717, 1.165) is 25.0 Å². The van der Waals surface area contributed by atoms with Gasteiger partial charge in [0.15, 0.2) is 0 Å². The molecule has 1 heterocycles. The molecular weight excluding hydrogens is 238 g/mol. The van der Waals surface area contributed by atoms with Crippen LogP contribution in [0.3, 0.4) is 0 Å². The first-order chi connectivity index (χ1) is 8.30. The summed E-state index contributed by atoms with van der Waals surface area (Å²) in [5, 5.41) is 13.4. The quantitative estimate of drug-likeness (QED) is 0.710. The minimum Gasteiger partial charge on any atom is -0.394 e. The molecular formula is C13H18F2N2O. The van der Waals surface area contributed by atoms with Crippen LogP contribution in [0, 0.1) is 11.6 Å². The van der Waals surface area contributed by atoms with Gasteiger partial charge in [0.05, 0.1) is 6.10 Å². The van der Waals surface area contributed by atoms with Gasteiger partial charge in [0.25, 0.3) is 0 Å². The molecule has 1 aromatic rings. The highest BCUT2D eigenvalue weighted by Crippen LogP contribution is 2.31. The van der Waals surface area contributed by atoms with Gasteiger partial charge in [-0.1, -0.05) is 0 Å². The second-order valence-corrected chi connectivity index (χ2v) is 5.52. The molecule has 2 atom stereocenters. The topological polar surface area (TPSA) is 58.3 Å². The molecule has 2 rings (SSSR count). The number of rotatable bonds is 2. The number of hydrogen-bond acceptors (Lipinski definition) is 3. The molecule has 18 heavy (non-hydrogen) atoms. The fraction of sp³-hybridized carbons (Fsp3) is 0.538. The molecule has 0 amide bonds. The summed E-state index contributed by atoms with van der Waals surface area (Å²) in [6, 6.07) is 1.99. The van der Waals surface area contributed by atoms with Gasteiger partial charge in [-0.2, -0.15) is 0 Å². The molecule has 1 aliphatic heterocycles. The van der Waals surface area contributed by atoms with Crippen molar-refractivity contribution < 1.29 is 13.9 Å². The Labute approximate surface area is 105 Å². The molecule has 0 aromatic heterocycles. The predicted octanol–water partition coefficient (Wildman–Crippen LogP) is 2.11. The van der Waals surface area contributed by atoms with Crippen molar-refractivity contribution in [3.8, 4) is 0 Å². The zero-order valence-electron chi connectivity index (χ0n) is 10.5. The van der Waals surface area contributed by atoms with E-state index in [1.165, 1.54) is 0 Å².